The largest absolute Gasteiger partial charge is 0.481 e. The summed E-state index contributed by atoms with van der Waals surface area (Å²) in [6.45, 7) is 0. The molecule has 20 heavy (non-hydrogen) atoms. The number of aromatic nitrogens is 2. The summed E-state index contributed by atoms with van der Waals surface area (Å²) in [6, 6.07) is -0.176. The lowest BCUT2D eigenvalue weighted by Crippen LogP contribution is -2.41. The number of amides is 1. The second-order valence-corrected chi connectivity index (χ2v) is 5.74. The van der Waals surface area contributed by atoms with E-state index in [9.17, 15) is 14.7 Å². The van der Waals surface area contributed by atoms with Crippen LogP contribution in [0.4, 0.5) is 0 Å². The van der Waals surface area contributed by atoms with Gasteiger partial charge in [0.1, 0.15) is 0 Å². The molecule has 1 aliphatic carbocycles. The van der Waals surface area contributed by atoms with Crippen molar-refractivity contribution in [3.8, 4) is 0 Å². The fraction of sp³-hybridized carbons (Fsp3) is 0.643. The highest BCUT2D eigenvalue weighted by atomic mass is 16.4. The van der Waals surface area contributed by atoms with Crippen LogP contribution in [0.5, 0.6) is 0 Å². The predicted molar refractivity (Wildman–Crippen MR) is 70.8 cm³/mol. The smallest absolute Gasteiger partial charge is 0.309 e. The Morgan fingerprint density at radius 2 is 2.15 bits per heavy atom. The normalized spacial score (nSPS) is 27.4. The summed E-state index contributed by atoms with van der Waals surface area (Å²) in [5.74, 6) is -1.28. The molecule has 1 saturated heterocycles. The van der Waals surface area contributed by atoms with Gasteiger partial charge in [0.2, 0.25) is 5.91 Å². The Morgan fingerprint density at radius 3 is 2.70 bits per heavy atom. The molecule has 2 atom stereocenters. The van der Waals surface area contributed by atoms with Crippen molar-refractivity contribution in [2.24, 2.45) is 13.0 Å². The van der Waals surface area contributed by atoms with Crippen molar-refractivity contribution in [3.63, 3.8) is 0 Å². The molecule has 6 heteroatoms. The fourth-order valence-corrected chi connectivity index (χ4v) is 3.15. The maximum absolute atomic E-state index is 12.4. The van der Waals surface area contributed by atoms with Gasteiger partial charge in [-0.3, -0.25) is 9.59 Å². The summed E-state index contributed by atoms with van der Waals surface area (Å²) < 4.78 is 1.83. The van der Waals surface area contributed by atoms with Gasteiger partial charge in [0.15, 0.2) is 0 Å². The molecule has 6 nitrogen and oxygen atoms in total. The molecule has 1 aromatic rings. The van der Waals surface area contributed by atoms with E-state index in [1.165, 1.54) is 0 Å². The standard InChI is InChI=1S/C14H19N3O3/c1-16-8-15-7-11(16)13-10(14(19)20)3-2-4-12(18)17(13)9-5-6-9/h7-10,13H,2-6H2,1H3,(H,19,20). The number of likely N-dealkylation sites (tertiary alicyclic amines) is 1. The first kappa shape index (κ1) is 13.1. The summed E-state index contributed by atoms with van der Waals surface area (Å²) >= 11 is 0. The number of aliphatic carboxylic acids is 1. The van der Waals surface area contributed by atoms with Gasteiger partial charge >= 0.3 is 5.97 Å². The third kappa shape index (κ3) is 2.19. The number of hydrogen-bond donors (Lipinski definition) is 1. The minimum Gasteiger partial charge on any atom is -0.481 e. The molecule has 0 radical (unpaired) electrons. The number of imidazole rings is 1. The van der Waals surface area contributed by atoms with E-state index in [0.29, 0.717) is 19.3 Å². The zero-order chi connectivity index (χ0) is 14.3. The quantitative estimate of drug-likeness (QED) is 0.904. The first-order valence-electron chi connectivity index (χ1n) is 7.09. The lowest BCUT2D eigenvalue weighted by molar-refractivity contribution is -0.146. The Morgan fingerprint density at radius 1 is 1.40 bits per heavy atom. The van der Waals surface area contributed by atoms with E-state index in [1.807, 2.05) is 16.5 Å². The van der Waals surface area contributed by atoms with E-state index in [4.69, 9.17) is 0 Å². The minimum absolute atomic E-state index is 0.0856. The third-order valence-corrected chi connectivity index (χ3v) is 4.29. The van der Waals surface area contributed by atoms with Gasteiger partial charge in [0.25, 0.3) is 0 Å². The Hall–Kier alpha value is -1.85. The van der Waals surface area contributed by atoms with Crippen LogP contribution in [0.15, 0.2) is 12.5 Å². The molecule has 1 N–H and O–H groups in total. The number of carbonyl (C=O) groups excluding carboxylic acids is 1. The number of carbonyl (C=O) groups is 2. The highest BCUT2D eigenvalue weighted by molar-refractivity contribution is 5.80. The van der Waals surface area contributed by atoms with E-state index < -0.39 is 11.9 Å². The van der Waals surface area contributed by atoms with Crippen molar-refractivity contribution in [2.75, 3.05) is 0 Å². The molecule has 0 aromatic carbocycles. The van der Waals surface area contributed by atoms with Crippen LogP contribution in [-0.2, 0) is 16.6 Å². The summed E-state index contributed by atoms with van der Waals surface area (Å²) in [5, 5.41) is 9.56. The summed E-state index contributed by atoms with van der Waals surface area (Å²) in [5.41, 5.74) is 0.819. The van der Waals surface area contributed by atoms with Crippen LogP contribution in [-0.4, -0.2) is 37.5 Å². The number of rotatable bonds is 3. The van der Waals surface area contributed by atoms with Gasteiger partial charge in [-0.2, -0.15) is 0 Å². The Bertz CT molecular complexity index is 536. The van der Waals surface area contributed by atoms with E-state index in [0.717, 1.165) is 18.5 Å². The summed E-state index contributed by atoms with van der Waals surface area (Å²) in [7, 11) is 1.85. The maximum Gasteiger partial charge on any atom is 0.309 e. The Balaban J connectivity index is 2.05. The molecule has 2 heterocycles. The second kappa shape index (κ2) is 4.92. The van der Waals surface area contributed by atoms with Crippen molar-refractivity contribution < 1.29 is 14.7 Å². The predicted octanol–water partition coefficient (Wildman–Crippen LogP) is 1.34. The van der Waals surface area contributed by atoms with Crippen LogP contribution in [0.1, 0.15) is 43.8 Å². The van der Waals surface area contributed by atoms with Crippen LogP contribution in [0, 0.1) is 5.92 Å². The van der Waals surface area contributed by atoms with E-state index >= 15 is 0 Å². The molecule has 0 spiro atoms. The molecule has 1 aromatic heterocycles. The van der Waals surface area contributed by atoms with Gasteiger partial charge < -0.3 is 14.6 Å². The summed E-state index contributed by atoms with van der Waals surface area (Å²) in [6.07, 6.45) is 6.95. The second-order valence-electron chi connectivity index (χ2n) is 5.74. The van der Waals surface area contributed by atoms with Crippen molar-refractivity contribution in [3.05, 3.63) is 18.2 Å². The highest BCUT2D eigenvalue weighted by Gasteiger charge is 2.45. The first-order valence-corrected chi connectivity index (χ1v) is 7.09. The molecule has 2 aliphatic rings. The molecule has 108 valence electrons. The zero-order valence-electron chi connectivity index (χ0n) is 11.5. The summed E-state index contributed by atoms with van der Waals surface area (Å²) in [4.78, 5) is 30.0. The number of aryl methyl sites for hydroxylation is 1. The third-order valence-electron chi connectivity index (χ3n) is 4.29. The van der Waals surface area contributed by atoms with Crippen LogP contribution in [0.25, 0.3) is 0 Å². The Kier molecular flexibility index (Phi) is 3.23. The average Bonchev–Trinajstić information content (AvgIpc) is 3.15. The average molecular weight is 277 g/mol. The SMILES string of the molecule is Cn1cncc1C1C(C(=O)O)CCCC(=O)N1C1CC1. The molecule has 1 aliphatic heterocycles. The lowest BCUT2D eigenvalue weighted by atomic mass is 9.92. The first-order chi connectivity index (χ1) is 9.59. The molecule has 0 bridgehead atoms. The number of carboxylic acids is 1. The van der Waals surface area contributed by atoms with Crippen molar-refractivity contribution in [1.29, 1.82) is 0 Å². The van der Waals surface area contributed by atoms with Gasteiger partial charge in [0.05, 0.1) is 30.2 Å². The van der Waals surface area contributed by atoms with E-state index in [-0.39, 0.29) is 18.0 Å². The van der Waals surface area contributed by atoms with E-state index in [2.05, 4.69) is 4.98 Å². The number of carboxylic acid groups (broad SMARTS) is 1. The molecule has 1 amide bonds. The van der Waals surface area contributed by atoms with Gasteiger partial charge in [-0.05, 0) is 25.7 Å². The number of nitrogens with zero attached hydrogens (tertiary/aromatic N) is 3. The number of hydrogen-bond acceptors (Lipinski definition) is 3. The molecular weight excluding hydrogens is 258 g/mol. The van der Waals surface area contributed by atoms with Crippen molar-refractivity contribution in [2.45, 2.75) is 44.2 Å². The van der Waals surface area contributed by atoms with Crippen molar-refractivity contribution >= 4 is 11.9 Å². The van der Waals surface area contributed by atoms with Crippen LogP contribution < -0.4 is 0 Å². The van der Waals surface area contributed by atoms with Gasteiger partial charge in [-0.25, -0.2) is 4.98 Å². The van der Waals surface area contributed by atoms with Gasteiger partial charge in [0, 0.05) is 19.5 Å². The highest BCUT2D eigenvalue weighted by Crippen LogP contribution is 2.42. The van der Waals surface area contributed by atoms with Crippen LogP contribution >= 0.6 is 0 Å². The topological polar surface area (TPSA) is 75.4 Å². The van der Waals surface area contributed by atoms with Gasteiger partial charge in [-0.15, -0.1) is 0 Å². The van der Waals surface area contributed by atoms with Crippen LogP contribution in [0.2, 0.25) is 0 Å². The molecular formula is C14H19N3O3. The molecule has 3 rings (SSSR count). The zero-order valence-corrected chi connectivity index (χ0v) is 11.5. The molecule has 1 saturated carbocycles. The lowest BCUT2D eigenvalue weighted by Gasteiger charge is -2.33. The minimum atomic E-state index is -0.823. The molecule has 2 fully saturated rings. The van der Waals surface area contributed by atoms with Crippen LogP contribution in [0.3, 0.4) is 0 Å². The van der Waals surface area contributed by atoms with Gasteiger partial charge in [-0.1, -0.05) is 0 Å². The van der Waals surface area contributed by atoms with E-state index in [1.54, 1.807) is 12.5 Å². The fourth-order valence-electron chi connectivity index (χ4n) is 3.15. The maximum atomic E-state index is 12.4. The monoisotopic (exact) mass is 277 g/mol. The molecule has 2 unspecified atom stereocenters. The Labute approximate surface area is 117 Å². The van der Waals surface area contributed by atoms with Crippen molar-refractivity contribution in [1.82, 2.24) is 14.5 Å².